The van der Waals surface area contributed by atoms with Gasteiger partial charge in [0.05, 0.1) is 11.2 Å². The molecule has 0 spiro atoms. The summed E-state index contributed by atoms with van der Waals surface area (Å²) < 4.78 is 0. The van der Waals surface area contributed by atoms with Gasteiger partial charge in [0.25, 0.3) is 0 Å². The maximum absolute atomic E-state index is 4.67. The molecular formula is C25H20N2. The zero-order chi connectivity index (χ0) is 18.5. The fourth-order valence-electron chi connectivity index (χ4n) is 3.15. The summed E-state index contributed by atoms with van der Waals surface area (Å²) in [5, 5.41) is 3.68. The van der Waals surface area contributed by atoms with Gasteiger partial charge in [-0.2, -0.15) is 0 Å². The largest absolute Gasteiger partial charge is 0.256 e. The van der Waals surface area contributed by atoms with Crippen LogP contribution in [0.25, 0.3) is 32.9 Å². The number of aromatic nitrogens is 2. The molecule has 0 N–H and O–H groups in total. The van der Waals surface area contributed by atoms with Crippen LogP contribution in [-0.2, 0) is 0 Å². The average Bonchev–Trinajstić information content (AvgIpc) is 2.75. The van der Waals surface area contributed by atoms with Crippen molar-refractivity contribution in [1.82, 2.24) is 9.97 Å². The summed E-state index contributed by atoms with van der Waals surface area (Å²) >= 11 is 0. The highest BCUT2D eigenvalue weighted by molar-refractivity contribution is 5.87. The zero-order valence-electron chi connectivity index (χ0n) is 15.2. The second kappa shape index (κ2) is 7.79. The summed E-state index contributed by atoms with van der Waals surface area (Å²) in [6, 6.07) is 32.9. The van der Waals surface area contributed by atoms with Crippen LogP contribution < -0.4 is 0 Å². The molecule has 130 valence electrons. The van der Waals surface area contributed by atoms with E-state index in [1.54, 1.807) is 0 Å². The number of hydrogen-bond donors (Lipinski definition) is 0. The van der Waals surface area contributed by atoms with Crippen LogP contribution in [0, 0.1) is 6.92 Å². The standard InChI is InChI=1S/C16H13N.C9H7N/c1-12-15-10-6-5-9-14(15)11-16(17-12)13-7-3-2-4-8-13;1-2-6-9-8(4-1)5-3-7-10-9/h2-11H,1H3;1-7H. The van der Waals surface area contributed by atoms with E-state index in [4.69, 9.17) is 0 Å². The Morgan fingerprint density at radius 1 is 0.630 bits per heavy atom. The minimum absolute atomic E-state index is 1.04. The smallest absolute Gasteiger partial charge is 0.0711 e. The lowest BCUT2D eigenvalue weighted by molar-refractivity contribution is 1.24. The molecule has 0 aliphatic carbocycles. The summed E-state index contributed by atoms with van der Waals surface area (Å²) in [5.41, 5.74) is 4.36. The van der Waals surface area contributed by atoms with E-state index in [0.29, 0.717) is 0 Å². The van der Waals surface area contributed by atoms with Gasteiger partial charge in [0.15, 0.2) is 0 Å². The van der Waals surface area contributed by atoms with Crippen molar-refractivity contribution in [3.63, 3.8) is 0 Å². The van der Waals surface area contributed by atoms with Crippen LogP contribution >= 0.6 is 0 Å². The minimum atomic E-state index is 1.04. The van der Waals surface area contributed by atoms with Crippen LogP contribution in [0.3, 0.4) is 0 Å². The van der Waals surface area contributed by atoms with E-state index in [9.17, 15) is 0 Å². The molecule has 0 amide bonds. The number of pyridine rings is 2. The lowest BCUT2D eigenvalue weighted by Gasteiger charge is -2.06. The van der Waals surface area contributed by atoms with Crippen molar-refractivity contribution in [2.45, 2.75) is 6.92 Å². The number of aryl methyl sites for hydroxylation is 1. The molecule has 0 atom stereocenters. The molecule has 0 aliphatic rings. The Bertz CT molecular complexity index is 1120. The third-order valence-electron chi connectivity index (χ3n) is 4.51. The van der Waals surface area contributed by atoms with Gasteiger partial charge in [-0.15, -0.1) is 0 Å². The Morgan fingerprint density at radius 3 is 2.11 bits per heavy atom. The number of nitrogens with zero attached hydrogens (tertiary/aromatic N) is 2. The highest BCUT2D eigenvalue weighted by Crippen LogP contribution is 2.24. The second-order valence-corrected chi connectivity index (χ2v) is 6.38. The van der Waals surface area contributed by atoms with Crippen LogP contribution in [0.5, 0.6) is 0 Å². The van der Waals surface area contributed by atoms with Crippen LogP contribution in [0.2, 0.25) is 0 Å². The predicted molar refractivity (Wildman–Crippen MR) is 114 cm³/mol. The second-order valence-electron chi connectivity index (χ2n) is 6.38. The monoisotopic (exact) mass is 348 g/mol. The first kappa shape index (κ1) is 16.9. The molecule has 0 bridgehead atoms. The third-order valence-corrected chi connectivity index (χ3v) is 4.51. The maximum atomic E-state index is 4.67. The normalized spacial score (nSPS) is 10.4. The van der Waals surface area contributed by atoms with Crippen LogP contribution in [0.4, 0.5) is 0 Å². The van der Waals surface area contributed by atoms with E-state index < -0.39 is 0 Å². The highest BCUT2D eigenvalue weighted by atomic mass is 14.7. The van der Waals surface area contributed by atoms with Gasteiger partial charge in [-0.1, -0.05) is 78.9 Å². The topological polar surface area (TPSA) is 25.8 Å². The molecule has 2 heteroatoms. The molecule has 0 saturated carbocycles. The van der Waals surface area contributed by atoms with Gasteiger partial charge in [-0.25, -0.2) is 0 Å². The minimum Gasteiger partial charge on any atom is -0.256 e. The summed E-state index contributed by atoms with van der Waals surface area (Å²) in [6.45, 7) is 2.06. The third kappa shape index (κ3) is 3.85. The van der Waals surface area contributed by atoms with Gasteiger partial charge in [0.1, 0.15) is 0 Å². The summed E-state index contributed by atoms with van der Waals surface area (Å²) in [7, 11) is 0. The molecule has 0 radical (unpaired) electrons. The van der Waals surface area contributed by atoms with Gasteiger partial charge in [0.2, 0.25) is 0 Å². The van der Waals surface area contributed by atoms with Gasteiger partial charge >= 0.3 is 0 Å². The SMILES string of the molecule is Cc1nc(-c2ccccc2)cc2ccccc12.c1ccc2ncccc2c1. The lowest BCUT2D eigenvalue weighted by Crippen LogP contribution is -1.88. The van der Waals surface area contributed by atoms with Gasteiger partial charge in [0, 0.05) is 28.2 Å². The Hall–Kier alpha value is -3.52. The van der Waals surface area contributed by atoms with E-state index in [2.05, 4.69) is 71.5 Å². The molecule has 5 aromatic rings. The van der Waals surface area contributed by atoms with E-state index in [1.807, 2.05) is 48.7 Å². The Balaban J connectivity index is 0.000000153. The molecule has 5 rings (SSSR count). The quantitative estimate of drug-likeness (QED) is 0.348. The molecule has 0 fully saturated rings. The van der Waals surface area contributed by atoms with E-state index in [-0.39, 0.29) is 0 Å². The Morgan fingerprint density at radius 2 is 1.30 bits per heavy atom. The summed E-state index contributed by atoms with van der Waals surface area (Å²) in [4.78, 5) is 8.85. The molecule has 2 aromatic heterocycles. The molecule has 27 heavy (non-hydrogen) atoms. The van der Waals surface area contributed by atoms with Crippen LogP contribution in [-0.4, -0.2) is 9.97 Å². The number of fused-ring (bicyclic) bond motifs is 2. The number of benzene rings is 3. The summed E-state index contributed by atoms with van der Waals surface area (Å²) in [5.74, 6) is 0. The zero-order valence-corrected chi connectivity index (χ0v) is 15.2. The van der Waals surface area contributed by atoms with Crippen molar-refractivity contribution in [1.29, 1.82) is 0 Å². The van der Waals surface area contributed by atoms with Crippen molar-refractivity contribution >= 4 is 21.7 Å². The average molecular weight is 348 g/mol. The van der Waals surface area contributed by atoms with Crippen LogP contribution in [0.15, 0.2) is 103 Å². The van der Waals surface area contributed by atoms with Crippen molar-refractivity contribution in [3.8, 4) is 11.3 Å². The van der Waals surface area contributed by atoms with E-state index in [1.165, 1.54) is 21.7 Å². The highest BCUT2D eigenvalue weighted by Gasteiger charge is 2.03. The maximum Gasteiger partial charge on any atom is 0.0711 e. The molecule has 0 unspecified atom stereocenters. The van der Waals surface area contributed by atoms with Crippen molar-refractivity contribution in [2.24, 2.45) is 0 Å². The van der Waals surface area contributed by atoms with Gasteiger partial charge in [-0.3, -0.25) is 9.97 Å². The fraction of sp³-hybridized carbons (Fsp3) is 0.0400. The molecule has 3 aromatic carbocycles. The van der Waals surface area contributed by atoms with E-state index >= 15 is 0 Å². The molecular weight excluding hydrogens is 328 g/mol. The Labute approximate surface area is 159 Å². The van der Waals surface area contributed by atoms with Gasteiger partial charge in [-0.05, 0) is 30.5 Å². The fourth-order valence-corrected chi connectivity index (χ4v) is 3.15. The van der Waals surface area contributed by atoms with Crippen molar-refractivity contribution < 1.29 is 0 Å². The Kier molecular flexibility index (Phi) is 4.88. The number of hydrogen-bond acceptors (Lipinski definition) is 2. The summed E-state index contributed by atoms with van der Waals surface area (Å²) in [6.07, 6.45) is 1.81. The molecule has 2 nitrogen and oxygen atoms in total. The number of para-hydroxylation sites is 1. The van der Waals surface area contributed by atoms with Crippen molar-refractivity contribution in [2.75, 3.05) is 0 Å². The van der Waals surface area contributed by atoms with E-state index in [0.717, 1.165) is 16.9 Å². The first-order valence-corrected chi connectivity index (χ1v) is 9.03. The molecule has 2 heterocycles. The first-order valence-electron chi connectivity index (χ1n) is 9.03. The van der Waals surface area contributed by atoms with Crippen molar-refractivity contribution in [3.05, 3.63) is 109 Å². The van der Waals surface area contributed by atoms with Crippen LogP contribution in [0.1, 0.15) is 5.69 Å². The predicted octanol–water partition coefficient (Wildman–Crippen LogP) is 6.45. The number of rotatable bonds is 1. The molecule has 0 saturated heterocycles. The lowest BCUT2D eigenvalue weighted by atomic mass is 10.1. The first-order chi connectivity index (χ1) is 13.3. The molecule has 0 aliphatic heterocycles. The van der Waals surface area contributed by atoms with Gasteiger partial charge < -0.3 is 0 Å².